The lowest BCUT2D eigenvalue weighted by Gasteiger charge is -2.35. The SMILES string of the molecule is CN1CCN(c2cc(C#N)cc(Nc3nc(NC4CC4)c4ncc(C#N)n4n3)c2Cl)CC1. The van der Waals surface area contributed by atoms with Crippen molar-refractivity contribution in [1.29, 1.82) is 10.5 Å². The molecular formula is C21H21ClN10. The fraction of sp³-hybridized carbons (Fsp3) is 0.381. The molecule has 0 spiro atoms. The number of nitriles is 2. The van der Waals surface area contributed by atoms with E-state index < -0.39 is 0 Å². The molecule has 0 amide bonds. The van der Waals surface area contributed by atoms with E-state index in [1.165, 1.54) is 10.7 Å². The van der Waals surface area contributed by atoms with Gasteiger partial charge < -0.3 is 20.4 Å². The Balaban J connectivity index is 1.54. The van der Waals surface area contributed by atoms with Gasteiger partial charge in [0.2, 0.25) is 5.95 Å². The minimum atomic E-state index is 0.261. The molecule has 0 atom stereocenters. The van der Waals surface area contributed by atoms with Crippen molar-refractivity contribution in [3.05, 3.63) is 34.6 Å². The number of halogens is 1. The fourth-order valence-corrected chi connectivity index (χ4v) is 3.97. The lowest BCUT2D eigenvalue weighted by molar-refractivity contribution is 0.313. The normalized spacial score (nSPS) is 16.6. The quantitative estimate of drug-likeness (QED) is 0.606. The maximum Gasteiger partial charge on any atom is 0.247 e. The molecule has 3 aromatic rings. The summed E-state index contributed by atoms with van der Waals surface area (Å²) >= 11 is 6.78. The molecular weight excluding hydrogens is 428 g/mol. The Kier molecular flexibility index (Phi) is 5.17. The Morgan fingerprint density at radius 1 is 1.12 bits per heavy atom. The largest absolute Gasteiger partial charge is 0.368 e. The van der Waals surface area contributed by atoms with Gasteiger partial charge in [-0.2, -0.15) is 20.0 Å². The van der Waals surface area contributed by atoms with Crippen LogP contribution in [0.3, 0.4) is 0 Å². The minimum absolute atomic E-state index is 0.261. The number of rotatable bonds is 5. The fourth-order valence-electron chi connectivity index (χ4n) is 3.69. The maximum absolute atomic E-state index is 9.58. The molecule has 162 valence electrons. The maximum atomic E-state index is 9.58. The van der Waals surface area contributed by atoms with Crippen LogP contribution in [0.1, 0.15) is 24.1 Å². The molecule has 10 nitrogen and oxygen atoms in total. The van der Waals surface area contributed by atoms with E-state index in [2.05, 4.69) is 54.7 Å². The summed E-state index contributed by atoms with van der Waals surface area (Å²) in [6.45, 7) is 3.48. The molecule has 2 aliphatic rings. The van der Waals surface area contributed by atoms with E-state index in [0.717, 1.165) is 44.7 Å². The molecule has 0 radical (unpaired) electrons. The summed E-state index contributed by atoms with van der Waals surface area (Å²) in [6, 6.07) is 8.15. The summed E-state index contributed by atoms with van der Waals surface area (Å²) in [5.74, 6) is 0.815. The van der Waals surface area contributed by atoms with E-state index in [0.29, 0.717) is 39.5 Å². The highest BCUT2D eigenvalue weighted by molar-refractivity contribution is 6.36. The minimum Gasteiger partial charge on any atom is -0.368 e. The Labute approximate surface area is 190 Å². The standard InChI is InChI=1S/C21H21ClN10/c1-30-4-6-31(7-5-30)17-9-13(10-23)8-16(18(17)22)27-21-28-19(26-14-2-3-14)20-25-12-15(11-24)32(20)29-21/h8-9,12,14H,2-7H2,1H3,(H2,26,27,28,29). The predicted molar refractivity (Wildman–Crippen MR) is 121 cm³/mol. The second-order valence-electron chi connectivity index (χ2n) is 8.08. The molecule has 11 heteroatoms. The average Bonchev–Trinajstić information content (AvgIpc) is 3.52. The summed E-state index contributed by atoms with van der Waals surface area (Å²) in [4.78, 5) is 13.3. The first kappa shape index (κ1) is 20.3. The first-order chi connectivity index (χ1) is 15.6. The van der Waals surface area contributed by atoms with Crippen molar-refractivity contribution in [3.63, 3.8) is 0 Å². The van der Waals surface area contributed by atoms with E-state index in [1.807, 2.05) is 6.07 Å². The van der Waals surface area contributed by atoms with Gasteiger partial charge in [0.1, 0.15) is 6.07 Å². The molecule has 2 fully saturated rings. The summed E-state index contributed by atoms with van der Waals surface area (Å²) in [6.07, 6.45) is 3.60. The van der Waals surface area contributed by atoms with Crippen LogP contribution in [0.25, 0.3) is 5.65 Å². The monoisotopic (exact) mass is 448 g/mol. The van der Waals surface area contributed by atoms with Crippen molar-refractivity contribution in [2.75, 3.05) is 48.8 Å². The van der Waals surface area contributed by atoms with Gasteiger partial charge in [-0.15, -0.1) is 5.10 Å². The molecule has 0 unspecified atom stereocenters. The van der Waals surface area contributed by atoms with E-state index in [1.54, 1.807) is 6.07 Å². The van der Waals surface area contributed by atoms with Crippen LogP contribution >= 0.6 is 11.6 Å². The van der Waals surface area contributed by atoms with Crippen LogP contribution in [0.15, 0.2) is 18.3 Å². The van der Waals surface area contributed by atoms with Gasteiger partial charge in [0, 0.05) is 32.2 Å². The van der Waals surface area contributed by atoms with Gasteiger partial charge in [-0.3, -0.25) is 0 Å². The third-order valence-electron chi connectivity index (χ3n) is 5.67. The van der Waals surface area contributed by atoms with Gasteiger partial charge in [-0.1, -0.05) is 11.6 Å². The number of likely N-dealkylation sites (N-methyl/N-ethyl adjacent to an activating group) is 1. The highest BCUT2D eigenvalue weighted by atomic mass is 35.5. The van der Waals surface area contributed by atoms with Gasteiger partial charge in [-0.25, -0.2) is 4.98 Å². The number of hydrogen-bond donors (Lipinski definition) is 2. The second-order valence-corrected chi connectivity index (χ2v) is 8.46. The number of aromatic nitrogens is 4. The van der Waals surface area contributed by atoms with Gasteiger partial charge >= 0.3 is 0 Å². The number of anilines is 4. The van der Waals surface area contributed by atoms with Crippen LogP contribution in [0.4, 0.5) is 23.1 Å². The number of imidazole rings is 1. The molecule has 32 heavy (non-hydrogen) atoms. The first-order valence-corrected chi connectivity index (χ1v) is 10.8. The van der Waals surface area contributed by atoms with Gasteiger partial charge in [0.25, 0.3) is 0 Å². The van der Waals surface area contributed by atoms with Crippen molar-refractivity contribution in [1.82, 2.24) is 24.5 Å². The Morgan fingerprint density at radius 3 is 2.59 bits per heavy atom. The van der Waals surface area contributed by atoms with Crippen LogP contribution in [0.2, 0.25) is 5.02 Å². The van der Waals surface area contributed by atoms with Gasteiger partial charge in [0.15, 0.2) is 17.2 Å². The summed E-state index contributed by atoms with van der Waals surface area (Å²) in [7, 11) is 2.09. The van der Waals surface area contributed by atoms with Crippen LogP contribution in [0, 0.1) is 22.7 Å². The zero-order chi connectivity index (χ0) is 22.2. The number of benzene rings is 1. The van der Waals surface area contributed by atoms with Crippen LogP contribution < -0.4 is 15.5 Å². The zero-order valence-electron chi connectivity index (χ0n) is 17.5. The number of hydrogen-bond acceptors (Lipinski definition) is 9. The Hall–Kier alpha value is -3.60. The molecule has 2 N–H and O–H groups in total. The predicted octanol–water partition coefficient (Wildman–Crippen LogP) is 2.59. The summed E-state index contributed by atoms with van der Waals surface area (Å²) in [5, 5.41) is 30.5. The Morgan fingerprint density at radius 2 is 1.91 bits per heavy atom. The van der Waals surface area contributed by atoms with Gasteiger partial charge in [0.05, 0.1) is 34.2 Å². The van der Waals surface area contributed by atoms with Crippen LogP contribution in [0.5, 0.6) is 0 Å². The van der Waals surface area contributed by atoms with Gasteiger partial charge in [-0.05, 0) is 32.0 Å². The van der Waals surface area contributed by atoms with Crippen LogP contribution in [-0.4, -0.2) is 63.8 Å². The first-order valence-electron chi connectivity index (χ1n) is 10.4. The second kappa shape index (κ2) is 8.15. The molecule has 1 saturated carbocycles. The highest BCUT2D eigenvalue weighted by Crippen LogP contribution is 2.36. The lowest BCUT2D eigenvalue weighted by atomic mass is 10.1. The van der Waals surface area contributed by atoms with E-state index in [4.69, 9.17) is 11.6 Å². The van der Waals surface area contributed by atoms with Crippen molar-refractivity contribution >= 4 is 40.4 Å². The van der Waals surface area contributed by atoms with Crippen LogP contribution in [-0.2, 0) is 0 Å². The van der Waals surface area contributed by atoms with E-state index >= 15 is 0 Å². The van der Waals surface area contributed by atoms with E-state index in [-0.39, 0.29) is 5.95 Å². The third-order valence-corrected chi connectivity index (χ3v) is 6.07. The molecule has 1 aliphatic carbocycles. The smallest absolute Gasteiger partial charge is 0.247 e. The van der Waals surface area contributed by atoms with E-state index in [9.17, 15) is 10.5 Å². The Bertz CT molecular complexity index is 1260. The lowest BCUT2D eigenvalue weighted by Crippen LogP contribution is -2.44. The summed E-state index contributed by atoms with van der Waals surface area (Å²) in [5.41, 5.74) is 2.63. The topological polar surface area (TPSA) is 121 Å². The molecule has 1 aliphatic heterocycles. The number of nitrogens with zero attached hydrogens (tertiary/aromatic N) is 8. The van der Waals surface area contributed by atoms with Crippen molar-refractivity contribution < 1.29 is 0 Å². The average molecular weight is 449 g/mol. The number of nitrogens with one attached hydrogen (secondary N) is 2. The van der Waals surface area contributed by atoms with Crippen molar-refractivity contribution in [2.45, 2.75) is 18.9 Å². The zero-order valence-corrected chi connectivity index (χ0v) is 18.3. The number of fused-ring (bicyclic) bond motifs is 1. The molecule has 0 bridgehead atoms. The molecule has 5 rings (SSSR count). The molecule has 1 aromatic carbocycles. The van der Waals surface area contributed by atoms with Crippen molar-refractivity contribution in [3.8, 4) is 12.1 Å². The highest BCUT2D eigenvalue weighted by Gasteiger charge is 2.25. The third kappa shape index (κ3) is 3.86. The number of piperazine rings is 1. The van der Waals surface area contributed by atoms with Crippen molar-refractivity contribution in [2.24, 2.45) is 0 Å². The molecule has 1 saturated heterocycles. The summed E-state index contributed by atoms with van der Waals surface area (Å²) < 4.78 is 1.46. The molecule has 3 heterocycles. The molecule has 2 aromatic heterocycles.